The van der Waals surface area contributed by atoms with Crippen LogP contribution in [0.15, 0.2) is 5.11 Å². The first-order valence-electron chi connectivity index (χ1n) is 11.1. The van der Waals surface area contributed by atoms with Gasteiger partial charge in [0.05, 0.1) is 0 Å². The molecule has 0 aromatic rings. The summed E-state index contributed by atoms with van der Waals surface area (Å²) in [5.74, 6) is -82.2. The molecule has 47 heavy (non-hydrogen) atoms. The molecule has 0 heterocycles. The van der Waals surface area contributed by atoms with E-state index in [1.807, 2.05) is 0 Å². The van der Waals surface area contributed by atoms with Gasteiger partial charge in [0.25, 0.3) is 0 Å². The van der Waals surface area contributed by atoms with Gasteiger partial charge in [0, 0.05) is 24.3 Å². The maximum atomic E-state index is 13.9. The Hall–Kier alpha value is -2.51. The fraction of sp³-hybridized carbons (Fsp3) is 1.00. The van der Waals surface area contributed by atoms with Crippen molar-refractivity contribution in [1.29, 1.82) is 0 Å². The fourth-order valence-corrected chi connectivity index (χ4v) is 3.17. The summed E-state index contributed by atoms with van der Waals surface area (Å²) in [6.45, 7) is -1.78. The van der Waals surface area contributed by atoms with Gasteiger partial charge in [-0.05, 0) is 24.3 Å². The first-order chi connectivity index (χ1) is 20.1. The van der Waals surface area contributed by atoms with Crippen molar-refractivity contribution in [2.45, 2.75) is 97.3 Å². The number of rotatable bonds is 16. The minimum atomic E-state index is -8.38. The third kappa shape index (κ3) is 6.99. The summed E-state index contributed by atoms with van der Waals surface area (Å²) in [7, 11) is 0. The molecule has 0 saturated heterocycles. The zero-order valence-electron chi connectivity index (χ0n) is 21.3. The minimum absolute atomic E-state index is 1.74. The fourth-order valence-electron chi connectivity index (χ4n) is 3.17. The molecule has 0 aliphatic rings. The van der Waals surface area contributed by atoms with Crippen molar-refractivity contribution in [3.05, 3.63) is 10.4 Å². The Balaban J connectivity index is 6.41. The van der Waals surface area contributed by atoms with E-state index in [2.05, 4.69) is 5.11 Å². The van der Waals surface area contributed by atoms with Gasteiger partial charge in [0.1, 0.15) is 0 Å². The molecule has 0 saturated carbocycles. The highest BCUT2D eigenvalue weighted by Gasteiger charge is 2.92. The summed E-state index contributed by atoms with van der Waals surface area (Å²) in [6.07, 6.45) is -26.7. The third-order valence-electron chi connectivity index (χ3n) is 6.13. The average Bonchev–Trinajstić information content (AvgIpc) is 2.85. The molecule has 0 aromatic carbocycles. The average molecular weight is 763 g/mol. The number of alkyl halides is 26. The summed E-state index contributed by atoms with van der Waals surface area (Å²) in [6, 6.07) is 0. The van der Waals surface area contributed by atoms with E-state index in [1.165, 1.54) is 0 Å². The SMILES string of the molecule is [N-]=[N+]=NCC(CCC(F)(F)C(F)(F)C(F)(F)C(F)(F)C(F)(F)C(F)(F)F)CCC(F)(F)C(F)(F)C(F)(F)C(F)(F)C(F)(F)C(F)(F)F. The van der Waals surface area contributed by atoms with E-state index in [0.717, 1.165) is 0 Å². The minimum Gasteiger partial charge on any atom is -0.200 e. The molecule has 0 aliphatic heterocycles. The van der Waals surface area contributed by atoms with Crippen LogP contribution in [-0.4, -0.2) is 78.1 Å². The molecular formula is C18H11F26N3. The predicted octanol–water partition coefficient (Wildman–Crippen LogP) is 11.0. The molecule has 0 aliphatic carbocycles. The quantitative estimate of drug-likeness (QED) is 0.0651. The first kappa shape index (κ1) is 44.5. The lowest BCUT2D eigenvalue weighted by molar-refractivity contribution is -0.440. The molecule has 29 heteroatoms. The van der Waals surface area contributed by atoms with Crippen molar-refractivity contribution in [2.24, 2.45) is 11.0 Å². The van der Waals surface area contributed by atoms with Crippen LogP contribution in [0.4, 0.5) is 114 Å². The number of nitrogens with zero attached hydrogens (tertiary/aromatic N) is 3. The molecule has 0 aromatic heterocycles. The van der Waals surface area contributed by atoms with Crippen LogP contribution in [-0.2, 0) is 0 Å². The smallest absolute Gasteiger partial charge is 0.200 e. The lowest BCUT2D eigenvalue weighted by Crippen LogP contribution is -2.70. The van der Waals surface area contributed by atoms with Crippen molar-refractivity contribution in [3.63, 3.8) is 0 Å². The number of hydrogen-bond donors (Lipinski definition) is 0. The highest BCUT2D eigenvalue weighted by atomic mass is 19.4. The largest absolute Gasteiger partial charge is 0.460 e. The molecule has 0 unspecified atom stereocenters. The van der Waals surface area contributed by atoms with E-state index in [4.69, 9.17) is 5.53 Å². The number of hydrogen-bond acceptors (Lipinski definition) is 1. The van der Waals surface area contributed by atoms with Gasteiger partial charge in [0.2, 0.25) is 0 Å². The van der Waals surface area contributed by atoms with E-state index in [-0.39, 0.29) is 0 Å². The summed E-state index contributed by atoms with van der Waals surface area (Å²) >= 11 is 0. The highest BCUT2D eigenvalue weighted by molar-refractivity contribution is 5.11. The molecule has 0 radical (unpaired) electrons. The van der Waals surface area contributed by atoms with E-state index in [0.29, 0.717) is 0 Å². The molecule has 0 bridgehead atoms. The van der Waals surface area contributed by atoms with Gasteiger partial charge < -0.3 is 0 Å². The van der Waals surface area contributed by atoms with E-state index < -0.39 is 110 Å². The molecular weight excluding hydrogens is 752 g/mol. The van der Waals surface area contributed by atoms with Crippen molar-refractivity contribution in [1.82, 2.24) is 0 Å². The van der Waals surface area contributed by atoms with Crippen LogP contribution in [0.2, 0.25) is 0 Å². The molecule has 0 spiro atoms. The molecule has 0 N–H and O–H groups in total. The Kier molecular flexibility index (Phi) is 11.8. The standard InChI is InChI=1S/C18H11F26N3/c19-7(20,9(23,24)11(27,28)13(31,32)15(35,36)17(39,40)41)3-1-6(5-46-47-45)2-4-8(21,22)10(25,26)12(29,30)14(33,34)16(37,38)18(42,43)44/h6H,1-5H2. The highest BCUT2D eigenvalue weighted by Crippen LogP contribution is 2.62. The van der Waals surface area contributed by atoms with Crippen molar-refractivity contribution >= 4 is 0 Å². The van der Waals surface area contributed by atoms with Crippen LogP contribution in [0.3, 0.4) is 0 Å². The van der Waals surface area contributed by atoms with Gasteiger partial charge in [-0.25, -0.2) is 0 Å². The Bertz CT molecular complexity index is 1050. The summed E-state index contributed by atoms with van der Waals surface area (Å²) < 4.78 is 342. The van der Waals surface area contributed by atoms with Crippen LogP contribution >= 0.6 is 0 Å². The summed E-state index contributed by atoms with van der Waals surface area (Å²) in [5, 5.41) is 2.32. The molecule has 3 nitrogen and oxygen atoms in total. The maximum absolute atomic E-state index is 13.9. The lowest BCUT2D eigenvalue weighted by Gasteiger charge is -2.40. The van der Waals surface area contributed by atoms with Crippen LogP contribution in [0.25, 0.3) is 10.4 Å². The van der Waals surface area contributed by atoms with Gasteiger partial charge in [-0.3, -0.25) is 0 Å². The lowest BCUT2D eigenvalue weighted by atomic mass is 9.86. The zero-order valence-corrected chi connectivity index (χ0v) is 21.3. The van der Waals surface area contributed by atoms with Crippen LogP contribution in [0.5, 0.6) is 0 Å². The second-order valence-corrected chi connectivity index (χ2v) is 9.36. The zero-order chi connectivity index (χ0) is 38.5. The molecule has 0 amide bonds. The van der Waals surface area contributed by atoms with Crippen LogP contribution in [0, 0.1) is 5.92 Å². The van der Waals surface area contributed by atoms with Crippen molar-refractivity contribution in [2.75, 3.05) is 6.54 Å². The van der Waals surface area contributed by atoms with E-state index in [9.17, 15) is 114 Å². The van der Waals surface area contributed by atoms with Crippen LogP contribution < -0.4 is 0 Å². The third-order valence-corrected chi connectivity index (χ3v) is 6.13. The Morgan fingerprint density at radius 2 is 0.617 bits per heavy atom. The van der Waals surface area contributed by atoms with Crippen molar-refractivity contribution < 1.29 is 114 Å². The Morgan fingerprint density at radius 1 is 0.383 bits per heavy atom. The summed E-state index contributed by atoms with van der Waals surface area (Å²) in [4.78, 5) is 1.74. The topological polar surface area (TPSA) is 48.8 Å². The van der Waals surface area contributed by atoms with E-state index >= 15 is 0 Å². The molecule has 0 fully saturated rings. The second kappa shape index (κ2) is 12.4. The van der Waals surface area contributed by atoms with Gasteiger partial charge in [-0.15, -0.1) is 0 Å². The van der Waals surface area contributed by atoms with Gasteiger partial charge in [0.15, 0.2) is 0 Å². The Labute approximate surface area is 240 Å². The predicted molar refractivity (Wildman–Crippen MR) is 97.6 cm³/mol. The number of halogens is 26. The number of azide groups is 1. The molecule has 0 rings (SSSR count). The normalized spacial score (nSPS) is 16.1. The van der Waals surface area contributed by atoms with Gasteiger partial charge in [-0.2, -0.15) is 114 Å². The van der Waals surface area contributed by atoms with E-state index in [1.54, 1.807) is 4.91 Å². The first-order valence-corrected chi connectivity index (χ1v) is 11.1. The maximum Gasteiger partial charge on any atom is 0.460 e. The Morgan fingerprint density at radius 3 is 0.830 bits per heavy atom. The van der Waals surface area contributed by atoms with Crippen molar-refractivity contribution in [3.8, 4) is 0 Å². The van der Waals surface area contributed by atoms with Gasteiger partial charge in [-0.1, -0.05) is 5.11 Å². The monoisotopic (exact) mass is 763 g/mol. The second-order valence-electron chi connectivity index (χ2n) is 9.36. The molecule has 0 atom stereocenters. The van der Waals surface area contributed by atoms with Crippen LogP contribution in [0.1, 0.15) is 25.7 Å². The summed E-state index contributed by atoms with van der Waals surface area (Å²) in [5.41, 5.74) is 8.14. The molecule has 280 valence electrons. The van der Waals surface area contributed by atoms with Gasteiger partial charge >= 0.3 is 71.6 Å².